The highest BCUT2D eigenvalue weighted by Gasteiger charge is 2.43. The fourth-order valence-corrected chi connectivity index (χ4v) is 2.34. The topological polar surface area (TPSA) is 99.0 Å². The van der Waals surface area contributed by atoms with E-state index in [4.69, 9.17) is 4.74 Å². The lowest BCUT2D eigenvalue weighted by Crippen LogP contribution is -2.36. The van der Waals surface area contributed by atoms with E-state index in [9.17, 15) is 19.6 Å². The number of amides is 2. The van der Waals surface area contributed by atoms with Gasteiger partial charge < -0.3 is 9.94 Å². The van der Waals surface area contributed by atoms with E-state index in [1.54, 1.807) is 6.92 Å². The van der Waals surface area contributed by atoms with Crippen molar-refractivity contribution in [3.63, 3.8) is 0 Å². The third-order valence-corrected chi connectivity index (χ3v) is 4.16. The second kappa shape index (κ2) is 5.36. The summed E-state index contributed by atoms with van der Waals surface area (Å²) in [7, 11) is 2.42. The highest BCUT2D eigenvalue weighted by Crippen LogP contribution is 2.34. The van der Waals surface area contributed by atoms with Crippen molar-refractivity contribution in [2.75, 3.05) is 6.61 Å². The second-order valence-electron chi connectivity index (χ2n) is 4.90. The summed E-state index contributed by atoms with van der Waals surface area (Å²) >= 11 is 0. The van der Waals surface area contributed by atoms with Gasteiger partial charge in [-0.25, -0.2) is 9.53 Å². The third kappa shape index (κ3) is 2.75. The maximum Gasteiger partial charge on any atom is 0.533 e. The van der Waals surface area contributed by atoms with Crippen molar-refractivity contribution in [1.82, 2.24) is 5.06 Å². The van der Waals surface area contributed by atoms with Gasteiger partial charge in [0.15, 0.2) is 11.5 Å². The lowest BCUT2D eigenvalue weighted by Gasteiger charge is -2.25. The van der Waals surface area contributed by atoms with Gasteiger partial charge in [-0.2, -0.15) is 0 Å². The van der Waals surface area contributed by atoms with Gasteiger partial charge in [0, 0.05) is 26.2 Å². The lowest BCUT2D eigenvalue weighted by atomic mass is 10.0. The van der Waals surface area contributed by atoms with E-state index in [1.165, 1.54) is 6.21 Å². The smallest absolute Gasteiger partial charge is 0.533 e. The molecule has 2 heterocycles. The highest BCUT2D eigenvalue weighted by atomic mass is 31.0. The first-order chi connectivity index (χ1) is 9.32. The molecule has 0 aromatic carbocycles. The Balaban J connectivity index is 1.82. The predicted molar refractivity (Wildman–Crippen MR) is 69.4 cm³/mol. The van der Waals surface area contributed by atoms with Gasteiger partial charge in [-0.15, -0.1) is 0 Å². The Morgan fingerprint density at radius 1 is 1.55 bits per heavy atom. The minimum Gasteiger partial charge on any atom is -0.623 e. The zero-order chi connectivity index (χ0) is 14.9. The van der Waals surface area contributed by atoms with Gasteiger partial charge in [0.1, 0.15) is 6.61 Å². The van der Waals surface area contributed by atoms with E-state index < -0.39 is 23.2 Å². The Morgan fingerprint density at radius 2 is 2.15 bits per heavy atom. The molecule has 20 heavy (non-hydrogen) atoms. The van der Waals surface area contributed by atoms with Crippen molar-refractivity contribution >= 4 is 33.4 Å². The SMILES string of the molecule is C[C@]1(P)[C@@H](COC(=O)ON2C(=O)CCC2=O)CC=[N+]1[O-]. The number of hydrogen-bond donors (Lipinski definition) is 0. The molecule has 9 heteroatoms. The maximum absolute atomic E-state index is 11.5. The van der Waals surface area contributed by atoms with Crippen LogP contribution in [-0.4, -0.2) is 45.9 Å². The number of hydroxylamine groups is 3. The van der Waals surface area contributed by atoms with Crippen molar-refractivity contribution in [1.29, 1.82) is 0 Å². The second-order valence-corrected chi connectivity index (χ2v) is 6.07. The van der Waals surface area contributed by atoms with Crippen LogP contribution in [0.25, 0.3) is 0 Å². The summed E-state index contributed by atoms with van der Waals surface area (Å²) in [4.78, 5) is 38.5. The monoisotopic (exact) mass is 302 g/mol. The zero-order valence-corrected chi connectivity index (χ0v) is 12.1. The van der Waals surface area contributed by atoms with E-state index in [1.807, 2.05) is 0 Å². The normalized spacial score (nSPS) is 29.6. The minimum atomic E-state index is -1.13. The van der Waals surface area contributed by atoms with Crippen LogP contribution in [0.2, 0.25) is 0 Å². The maximum atomic E-state index is 11.5. The van der Waals surface area contributed by atoms with Gasteiger partial charge in [-0.05, 0) is 0 Å². The summed E-state index contributed by atoms with van der Waals surface area (Å²) in [5, 5.41) is 11.2. The molecule has 2 aliphatic rings. The Bertz CT molecular complexity index is 473. The summed E-state index contributed by atoms with van der Waals surface area (Å²) in [6, 6.07) is 0. The molecule has 0 saturated carbocycles. The molecular weight excluding hydrogens is 287 g/mol. The molecule has 0 aliphatic carbocycles. The summed E-state index contributed by atoms with van der Waals surface area (Å²) in [6.45, 7) is 1.67. The van der Waals surface area contributed by atoms with Crippen molar-refractivity contribution in [2.24, 2.45) is 5.92 Å². The summed E-state index contributed by atoms with van der Waals surface area (Å²) in [6.07, 6.45) is 0.869. The van der Waals surface area contributed by atoms with Gasteiger partial charge in [0.25, 0.3) is 11.8 Å². The Kier molecular flexibility index (Phi) is 3.94. The molecule has 110 valence electrons. The van der Waals surface area contributed by atoms with Crippen molar-refractivity contribution in [2.45, 2.75) is 31.5 Å². The van der Waals surface area contributed by atoms with Crippen LogP contribution >= 0.6 is 9.24 Å². The largest absolute Gasteiger partial charge is 0.623 e. The van der Waals surface area contributed by atoms with Crippen molar-refractivity contribution in [3.05, 3.63) is 5.21 Å². The highest BCUT2D eigenvalue weighted by molar-refractivity contribution is 7.18. The van der Waals surface area contributed by atoms with Crippen LogP contribution in [0.4, 0.5) is 4.79 Å². The first kappa shape index (κ1) is 14.7. The van der Waals surface area contributed by atoms with Crippen LogP contribution in [-0.2, 0) is 19.2 Å². The number of carbonyl (C=O) groups excluding carboxylic acids is 3. The van der Waals surface area contributed by atoms with Crippen molar-refractivity contribution in [3.8, 4) is 0 Å². The van der Waals surface area contributed by atoms with E-state index >= 15 is 0 Å². The van der Waals surface area contributed by atoms with E-state index in [2.05, 4.69) is 14.1 Å². The lowest BCUT2D eigenvalue weighted by molar-refractivity contribution is -0.508. The standard InChI is InChI=1S/C11H15N2O6P/c1-11(20)7(4-5-12(11)17)6-18-10(16)19-13-8(14)2-3-9(13)15/h5,7H,2-4,6,20H2,1H3/t7-,11+/m1/s1. The number of ether oxygens (including phenoxy) is 1. The molecule has 1 saturated heterocycles. The van der Waals surface area contributed by atoms with Crippen molar-refractivity contribution < 1.29 is 28.7 Å². The van der Waals surface area contributed by atoms with E-state index in [-0.39, 0.29) is 25.4 Å². The molecule has 3 atom stereocenters. The fraction of sp³-hybridized carbons (Fsp3) is 0.636. The summed E-state index contributed by atoms with van der Waals surface area (Å²) in [5.41, 5.74) is 0. The molecule has 2 amide bonds. The average molecular weight is 302 g/mol. The van der Waals surface area contributed by atoms with E-state index in [0.717, 1.165) is 4.74 Å². The molecule has 0 aromatic rings. The van der Waals surface area contributed by atoms with Gasteiger partial charge in [-0.3, -0.25) is 14.4 Å². The Labute approximate surface area is 117 Å². The number of hydrogen-bond acceptors (Lipinski definition) is 6. The van der Waals surface area contributed by atoms with Gasteiger partial charge in [-0.1, -0.05) is 14.3 Å². The van der Waals surface area contributed by atoms with Crippen LogP contribution in [0.5, 0.6) is 0 Å². The van der Waals surface area contributed by atoms with Crippen LogP contribution in [0, 0.1) is 11.1 Å². The third-order valence-electron chi connectivity index (χ3n) is 3.43. The number of nitrogens with zero attached hydrogens (tertiary/aromatic N) is 2. The summed E-state index contributed by atoms with van der Waals surface area (Å²) < 4.78 is 5.66. The molecule has 2 rings (SSSR count). The number of rotatable bonds is 3. The molecule has 0 spiro atoms. The van der Waals surface area contributed by atoms with Crippen LogP contribution in [0.15, 0.2) is 0 Å². The zero-order valence-electron chi connectivity index (χ0n) is 10.9. The molecule has 2 aliphatic heterocycles. The Hall–Kier alpha value is -1.69. The molecule has 0 N–H and O–H groups in total. The van der Waals surface area contributed by atoms with Crippen LogP contribution < -0.4 is 0 Å². The molecule has 0 aromatic heterocycles. The molecule has 1 fully saturated rings. The average Bonchev–Trinajstić information content (AvgIpc) is 2.82. The molecular formula is C11H15N2O6P. The first-order valence-corrected chi connectivity index (χ1v) is 6.69. The number of imide groups is 1. The fourth-order valence-electron chi connectivity index (χ4n) is 2.00. The summed E-state index contributed by atoms with van der Waals surface area (Å²) in [5.74, 6) is -1.34. The van der Waals surface area contributed by atoms with E-state index in [0.29, 0.717) is 11.5 Å². The number of carbonyl (C=O) groups is 3. The quantitative estimate of drug-likeness (QED) is 0.246. The van der Waals surface area contributed by atoms with Crippen LogP contribution in [0.3, 0.4) is 0 Å². The Morgan fingerprint density at radius 3 is 2.65 bits per heavy atom. The molecule has 0 radical (unpaired) electrons. The first-order valence-electron chi connectivity index (χ1n) is 6.11. The molecule has 8 nitrogen and oxygen atoms in total. The van der Waals surface area contributed by atoms with Crippen LogP contribution in [0.1, 0.15) is 26.2 Å². The minimum absolute atomic E-state index is 0.0263. The molecule has 0 bridgehead atoms. The van der Waals surface area contributed by atoms with Gasteiger partial charge in [0.2, 0.25) is 0 Å². The van der Waals surface area contributed by atoms with Gasteiger partial charge in [0.05, 0.1) is 5.92 Å². The van der Waals surface area contributed by atoms with Gasteiger partial charge >= 0.3 is 6.16 Å². The predicted octanol–water partition coefficient (Wildman–Crippen LogP) is 0.396. The molecule has 1 unspecified atom stereocenters.